The first kappa shape index (κ1) is 34.0. The molecular weight excluding hydrogens is 729 g/mol. The molecule has 280 valence electrons. The summed E-state index contributed by atoms with van der Waals surface area (Å²) in [5.41, 5.74) is 14.9. The smallest absolute Gasteiger partial charge is 0.0995 e. The molecule has 0 saturated carbocycles. The lowest BCUT2D eigenvalue weighted by Crippen LogP contribution is -2.09. The fourth-order valence-corrected chi connectivity index (χ4v) is 9.19. The molecule has 2 heterocycles. The van der Waals surface area contributed by atoms with Crippen molar-refractivity contribution in [3.63, 3.8) is 0 Å². The van der Waals surface area contributed by atoms with E-state index < -0.39 is 0 Å². The van der Waals surface area contributed by atoms with Crippen molar-refractivity contribution >= 4 is 82.5 Å². The van der Waals surface area contributed by atoms with Gasteiger partial charge in [-0.1, -0.05) is 146 Å². The summed E-state index contributed by atoms with van der Waals surface area (Å²) in [4.78, 5) is 13.5. The third-order valence-corrected chi connectivity index (χ3v) is 11.9. The normalized spacial score (nSPS) is 11.7. The number of benzene rings is 10. The van der Waals surface area contributed by atoms with E-state index in [1.807, 2.05) is 0 Å². The average Bonchev–Trinajstić information content (AvgIpc) is 3.67. The van der Waals surface area contributed by atoms with Crippen molar-refractivity contribution in [3.8, 4) is 27.9 Å². The minimum absolute atomic E-state index is 0.876. The maximum Gasteiger partial charge on any atom is 0.0995 e. The summed E-state index contributed by atoms with van der Waals surface area (Å²) in [6.07, 6.45) is 0. The van der Waals surface area contributed by atoms with Crippen molar-refractivity contribution in [3.05, 3.63) is 218 Å². The molecule has 0 aliphatic rings. The fraction of sp³-hybridized carbons (Fsp3) is 0. The maximum absolute atomic E-state index is 5.67. The first-order chi connectivity index (χ1) is 29.8. The van der Waals surface area contributed by atoms with Crippen molar-refractivity contribution in [2.45, 2.75) is 0 Å². The van der Waals surface area contributed by atoms with Gasteiger partial charge in [0.05, 0.1) is 33.1 Å². The van der Waals surface area contributed by atoms with E-state index in [-0.39, 0.29) is 0 Å². The fourth-order valence-electron chi connectivity index (χ4n) is 9.19. The van der Waals surface area contributed by atoms with Crippen LogP contribution in [0.1, 0.15) is 0 Å². The second-order valence-electron chi connectivity index (χ2n) is 15.4. The van der Waals surface area contributed by atoms with Crippen LogP contribution in [0.4, 0.5) is 17.1 Å². The van der Waals surface area contributed by atoms with Crippen LogP contribution in [0.3, 0.4) is 0 Å². The molecule has 0 atom stereocenters. The Labute approximate surface area is 346 Å². The lowest BCUT2D eigenvalue weighted by molar-refractivity contribution is 1.18. The lowest BCUT2D eigenvalue weighted by atomic mass is 9.98. The predicted molar refractivity (Wildman–Crippen MR) is 252 cm³/mol. The van der Waals surface area contributed by atoms with Gasteiger partial charge in [0.1, 0.15) is 0 Å². The molecule has 10 aromatic carbocycles. The third kappa shape index (κ3) is 5.46. The molecule has 0 fully saturated rings. The largest absolute Gasteiger partial charge is 0.310 e. The van der Waals surface area contributed by atoms with Crippen LogP contribution >= 0.6 is 0 Å². The van der Waals surface area contributed by atoms with E-state index in [9.17, 15) is 0 Å². The van der Waals surface area contributed by atoms with Gasteiger partial charge in [0.2, 0.25) is 0 Å². The van der Waals surface area contributed by atoms with Gasteiger partial charge >= 0.3 is 0 Å². The molecule has 4 heteroatoms. The molecule has 0 N–H and O–H groups in total. The Bertz CT molecular complexity index is 3480. The molecule has 0 spiro atoms. The summed E-state index contributed by atoms with van der Waals surface area (Å²) in [5.74, 6) is 0. The van der Waals surface area contributed by atoms with Crippen LogP contribution in [0.2, 0.25) is 0 Å². The van der Waals surface area contributed by atoms with Crippen LogP contribution in [-0.4, -0.2) is 14.5 Å². The van der Waals surface area contributed by atoms with E-state index in [1.54, 1.807) is 0 Å². The van der Waals surface area contributed by atoms with Gasteiger partial charge in [-0.3, -0.25) is 0 Å². The highest BCUT2D eigenvalue weighted by Gasteiger charge is 2.21. The highest BCUT2D eigenvalue weighted by Crippen LogP contribution is 2.43. The van der Waals surface area contributed by atoms with Crippen LogP contribution in [-0.2, 0) is 0 Å². The summed E-state index contributed by atoms with van der Waals surface area (Å²) in [7, 11) is 0. The first-order valence-electron chi connectivity index (χ1n) is 20.4. The first-order valence-corrected chi connectivity index (χ1v) is 20.4. The van der Waals surface area contributed by atoms with Gasteiger partial charge in [0.15, 0.2) is 0 Å². The van der Waals surface area contributed by atoms with Crippen molar-refractivity contribution in [1.82, 2.24) is 14.5 Å². The maximum atomic E-state index is 5.67. The third-order valence-electron chi connectivity index (χ3n) is 11.9. The van der Waals surface area contributed by atoms with Crippen LogP contribution in [0, 0.1) is 0 Å². The topological polar surface area (TPSA) is 34.0 Å². The lowest BCUT2D eigenvalue weighted by Gasteiger charge is -2.26. The highest BCUT2D eigenvalue weighted by molar-refractivity contribution is 6.26. The monoisotopic (exact) mass is 764 g/mol. The number of anilines is 3. The zero-order chi connectivity index (χ0) is 39.6. The summed E-state index contributed by atoms with van der Waals surface area (Å²) in [5, 5.41) is 6.70. The van der Waals surface area contributed by atoms with Gasteiger partial charge in [-0.25, -0.2) is 9.97 Å². The second kappa shape index (κ2) is 13.8. The van der Waals surface area contributed by atoms with Crippen LogP contribution < -0.4 is 4.90 Å². The van der Waals surface area contributed by atoms with E-state index >= 15 is 0 Å². The Morgan fingerprint density at radius 3 is 1.50 bits per heavy atom. The Morgan fingerprint density at radius 2 is 0.850 bits per heavy atom. The Morgan fingerprint density at radius 1 is 0.317 bits per heavy atom. The minimum atomic E-state index is 0.876. The van der Waals surface area contributed by atoms with Crippen molar-refractivity contribution in [2.24, 2.45) is 0 Å². The van der Waals surface area contributed by atoms with Crippen LogP contribution in [0.25, 0.3) is 93.4 Å². The molecule has 0 unspecified atom stereocenters. The average molecular weight is 765 g/mol. The quantitative estimate of drug-likeness (QED) is 0.125. The number of nitrogens with zero attached hydrogens (tertiary/aromatic N) is 4. The van der Waals surface area contributed by atoms with Crippen LogP contribution in [0.15, 0.2) is 218 Å². The zero-order valence-electron chi connectivity index (χ0n) is 32.6. The SMILES string of the molecule is c1ccc(-c2cc(-c3ccccc3)cc(-n3c4ccccc4c4c5nc6c7ccc(N(c8ccccc8)c8ccccc8)cc7c7ccccc7c6nc5ccc43)c2)cc1. The molecule has 60 heavy (non-hydrogen) atoms. The van der Waals surface area contributed by atoms with Gasteiger partial charge in [-0.15, -0.1) is 0 Å². The minimum Gasteiger partial charge on any atom is -0.310 e. The van der Waals surface area contributed by atoms with Crippen molar-refractivity contribution < 1.29 is 0 Å². The van der Waals surface area contributed by atoms with Gasteiger partial charge < -0.3 is 9.47 Å². The van der Waals surface area contributed by atoms with Gasteiger partial charge in [0, 0.05) is 44.3 Å². The Kier molecular flexibility index (Phi) is 7.82. The molecule has 0 bridgehead atoms. The van der Waals surface area contributed by atoms with E-state index in [0.717, 1.165) is 88.2 Å². The van der Waals surface area contributed by atoms with E-state index in [0.29, 0.717) is 0 Å². The number of fused-ring (bicyclic) bond motifs is 11. The Hall–Kier alpha value is -8.08. The standard InChI is InChI=1S/C56H36N4/c1-5-17-37(18-6-1)39-33-40(38-19-7-2-8-20-38)35-44(34-39)60-51-28-16-15-27-48(51)53-52(60)32-31-50-56(53)58-55-47-30-29-43(36-49(47)45-25-13-14-26-46(45)54(55)57-50)59(41-21-9-3-10-22-41)42-23-11-4-12-24-42/h1-36H. The second-order valence-corrected chi connectivity index (χ2v) is 15.4. The number of hydrogen-bond donors (Lipinski definition) is 0. The summed E-state index contributed by atoms with van der Waals surface area (Å²) >= 11 is 0. The molecule has 12 rings (SSSR count). The molecule has 12 aromatic rings. The van der Waals surface area contributed by atoms with Crippen molar-refractivity contribution in [2.75, 3.05) is 4.90 Å². The van der Waals surface area contributed by atoms with Gasteiger partial charge in [-0.2, -0.15) is 0 Å². The molecule has 0 amide bonds. The molecule has 2 aromatic heterocycles. The molecule has 4 nitrogen and oxygen atoms in total. The molecule has 0 aliphatic carbocycles. The van der Waals surface area contributed by atoms with Crippen molar-refractivity contribution in [1.29, 1.82) is 0 Å². The van der Waals surface area contributed by atoms with E-state index in [4.69, 9.17) is 9.97 Å². The van der Waals surface area contributed by atoms with E-state index in [1.165, 1.54) is 22.3 Å². The van der Waals surface area contributed by atoms with Gasteiger partial charge in [0.25, 0.3) is 0 Å². The highest BCUT2D eigenvalue weighted by atomic mass is 15.1. The number of rotatable bonds is 6. The predicted octanol–water partition coefficient (Wildman–Crippen LogP) is 15.0. The number of hydrogen-bond acceptors (Lipinski definition) is 3. The summed E-state index contributed by atoms with van der Waals surface area (Å²) < 4.78 is 2.40. The summed E-state index contributed by atoms with van der Waals surface area (Å²) in [6, 6.07) is 77.9. The van der Waals surface area contributed by atoms with Crippen LogP contribution in [0.5, 0.6) is 0 Å². The molecule has 0 aliphatic heterocycles. The van der Waals surface area contributed by atoms with E-state index in [2.05, 4.69) is 228 Å². The zero-order valence-corrected chi connectivity index (χ0v) is 32.6. The molecular formula is C56H36N4. The summed E-state index contributed by atoms with van der Waals surface area (Å²) in [6.45, 7) is 0. The van der Waals surface area contributed by atoms with Gasteiger partial charge in [-0.05, 0) is 106 Å². The Balaban J connectivity index is 1.13. The molecule has 0 radical (unpaired) electrons. The number of aromatic nitrogens is 3. The number of para-hydroxylation sites is 3. The molecule has 0 saturated heterocycles.